The predicted molar refractivity (Wildman–Crippen MR) is 84.1 cm³/mol. The van der Waals surface area contributed by atoms with Gasteiger partial charge in [0, 0.05) is 4.88 Å². The number of fused-ring (bicyclic) bond motifs is 1. The molecule has 0 aliphatic carbocycles. The van der Waals surface area contributed by atoms with Crippen molar-refractivity contribution in [2.24, 2.45) is 0 Å². The molecule has 1 unspecified atom stereocenters. The van der Waals surface area contributed by atoms with Gasteiger partial charge in [-0.1, -0.05) is 36.4 Å². The summed E-state index contributed by atoms with van der Waals surface area (Å²) in [5, 5.41) is 7.29. The van der Waals surface area contributed by atoms with Crippen molar-refractivity contribution in [2.75, 3.05) is 5.32 Å². The summed E-state index contributed by atoms with van der Waals surface area (Å²) >= 11 is 1.64. The lowest BCUT2D eigenvalue weighted by molar-refractivity contribution is 0.0943. The Morgan fingerprint density at radius 2 is 1.90 bits per heavy atom. The van der Waals surface area contributed by atoms with Crippen LogP contribution in [-0.2, 0) is 0 Å². The van der Waals surface area contributed by atoms with Crippen molar-refractivity contribution in [3.8, 4) is 0 Å². The third kappa shape index (κ3) is 2.34. The van der Waals surface area contributed by atoms with E-state index in [4.69, 9.17) is 0 Å². The predicted octanol–water partition coefficient (Wildman–Crippen LogP) is 3.56. The minimum Gasteiger partial charge on any atom is -0.353 e. The molecule has 2 N–H and O–H groups in total. The Morgan fingerprint density at radius 1 is 1.15 bits per heavy atom. The molecule has 0 saturated carbocycles. The van der Waals surface area contributed by atoms with E-state index in [1.807, 2.05) is 56.3 Å². The zero-order valence-electron chi connectivity index (χ0n) is 11.4. The smallest absolute Gasteiger partial charge is 0.256 e. The van der Waals surface area contributed by atoms with E-state index in [0.717, 1.165) is 21.7 Å². The third-order valence-corrected chi connectivity index (χ3v) is 4.60. The second-order valence-corrected chi connectivity index (χ2v) is 6.08. The third-order valence-electron chi connectivity index (χ3n) is 3.47. The van der Waals surface area contributed by atoms with Crippen LogP contribution in [0.3, 0.4) is 0 Å². The minimum atomic E-state index is -0.160. The van der Waals surface area contributed by atoms with Crippen LogP contribution in [0.5, 0.6) is 0 Å². The van der Waals surface area contributed by atoms with E-state index in [9.17, 15) is 4.79 Å². The van der Waals surface area contributed by atoms with Gasteiger partial charge < -0.3 is 10.6 Å². The summed E-state index contributed by atoms with van der Waals surface area (Å²) < 4.78 is 0. The molecule has 3 rings (SSSR count). The fourth-order valence-electron chi connectivity index (χ4n) is 2.26. The van der Waals surface area contributed by atoms with Gasteiger partial charge in [-0.25, -0.2) is 0 Å². The molecule has 4 heteroatoms. The molecule has 1 aromatic heterocycles. The van der Waals surface area contributed by atoms with Gasteiger partial charge in [0.1, 0.15) is 11.2 Å². The molecule has 2 aromatic rings. The molecule has 0 radical (unpaired) electrons. The first-order valence-corrected chi connectivity index (χ1v) is 7.37. The molecule has 0 fully saturated rings. The van der Waals surface area contributed by atoms with Gasteiger partial charge in [-0.15, -0.1) is 11.3 Å². The number of nitrogens with one attached hydrogen (secondary N) is 2. The highest BCUT2D eigenvalue weighted by molar-refractivity contribution is 7.16. The zero-order valence-corrected chi connectivity index (χ0v) is 12.3. The number of aryl methyl sites for hydroxylation is 1. The van der Waals surface area contributed by atoms with Gasteiger partial charge >= 0.3 is 0 Å². The van der Waals surface area contributed by atoms with Gasteiger partial charge in [0.25, 0.3) is 5.91 Å². The van der Waals surface area contributed by atoms with E-state index in [2.05, 4.69) is 10.6 Å². The largest absolute Gasteiger partial charge is 0.353 e. The normalized spacial score (nSPS) is 17.7. The molecule has 2 heterocycles. The van der Waals surface area contributed by atoms with Crippen LogP contribution >= 0.6 is 11.3 Å². The Bertz CT molecular complexity index is 673. The quantitative estimate of drug-likeness (QED) is 0.885. The Labute approximate surface area is 122 Å². The maximum atomic E-state index is 12.2. The van der Waals surface area contributed by atoms with Crippen molar-refractivity contribution in [1.29, 1.82) is 0 Å². The van der Waals surface area contributed by atoms with E-state index in [-0.39, 0.29) is 12.1 Å². The van der Waals surface area contributed by atoms with E-state index < -0.39 is 0 Å². The molecule has 1 amide bonds. The Hall–Kier alpha value is -2.07. The molecule has 1 atom stereocenters. The first-order valence-electron chi connectivity index (χ1n) is 6.56. The summed E-state index contributed by atoms with van der Waals surface area (Å²) in [7, 11) is 0. The summed E-state index contributed by atoms with van der Waals surface area (Å²) in [4.78, 5) is 13.3. The van der Waals surface area contributed by atoms with Gasteiger partial charge in [-0.05, 0) is 31.1 Å². The number of benzene rings is 1. The lowest BCUT2D eigenvalue weighted by atomic mass is 10.1. The lowest BCUT2D eigenvalue weighted by Crippen LogP contribution is -2.43. The fraction of sp³-hybridized carbons (Fsp3) is 0.188. The van der Waals surface area contributed by atoms with Crippen LogP contribution in [-0.4, -0.2) is 12.1 Å². The lowest BCUT2D eigenvalue weighted by Gasteiger charge is -2.23. The number of rotatable bonds is 2. The molecule has 102 valence electrons. The summed E-state index contributed by atoms with van der Waals surface area (Å²) in [6.45, 7) is 4.04. The van der Waals surface area contributed by atoms with Crippen LogP contribution in [0.25, 0.3) is 6.08 Å². The van der Waals surface area contributed by atoms with E-state index in [1.165, 1.54) is 4.88 Å². The fourth-order valence-corrected chi connectivity index (χ4v) is 3.36. The first-order chi connectivity index (χ1) is 9.65. The van der Waals surface area contributed by atoms with Crippen molar-refractivity contribution >= 4 is 28.3 Å². The van der Waals surface area contributed by atoms with Crippen molar-refractivity contribution in [3.05, 3.63) is 58.0 Å². The Balaban J connectivity index is 1.82. The summed E-state index contributed by atoms with van der Waals surface area (Å²) in [5.74, 6) is 0.00307. The molecule has 1 aliphatic rings. The van der Waals surface area contributed by atoms with E-state index in [1.54, 1.807) is 11.3 Å². The number of hydrogen-bond acceptors (Lipinski definition) is 3. The van der Waals surface area contributed by atoms with Gasteiger partial charge in [0.2, 0.25) is 0 Å². The zero-order chi connectivity index (χ0) is 14.1. The molecule has 20 heavy (non-hydrogen) atoms. The van der Waals surface area contributed by atoms with E-state index in [0.29, 0.717) is 0 Å². The van der Waals surface area contributed by atoms with E-state index >= 15 is 0 Å². The monoisotopic (exact) mass is 284 g/mol. The highest BCUT2D eigenvalue weighted by Crippen LogP contribution is 2.34. The van der Waals surface area contributed by atoms with Crippen molar-refractivity contribution in [2.45, 2.75) is 20.0 Å². The van der Waals surface area contributed by atoms with Crippen LogP contribution in [0, 0.1) is 13.8 Å². The standard InChI is InChI=1S/C16H16N2OS/c1-10-11(2)20-16-14(10)15(19)17-13(18-16)9-8-12-6-4-3-5-7-12/h3-9,13,18H,1-2H3,(H,17,19)/b9-8+. The molecule has 0 spiro atoms. The molecule has 3 nitrogen and oxygen atoms in total. The number of amides is 1. The second-order valence-electron chi connectivity index (χ2n) is 4.85. The second kappa shape index (κ2) is 5.13. The van der Waals surface area contributed by atoms with Gasteiger partial charge in [0.15, 0.2) is 0 Å². The Kier molecular flexibility index (Phi) is 3.32. The van der Waals surface area contributed by atoms with Crippen LogP contribution in [0.1, 0.15) is 26.4 Å². The molecule has 1 aromatic carbocycles. The molecular formula is C16H16N2OS. The summed E-state index contributed by atoms with van der Waals surface area (Å²) in [6.07, 6.45) is 3.82. The number of anilines is 1. The number of carbonyl (C=O) groups is 1. The Morgan fingerprint density at radius 3 is 2.65 bits per heavy atom. The highest BCUT2D eigenvalue weighted by Gasteiger charge is 2.26. The average molecular weight is 284 g/mol. The summed E-state index contributed by atoms with van der Waals surface area (Å²) in [5.41, 5.74) is 2.98. The minimum absolute atomic E-state index is 0.00307. The molecular weight excluding hydrogens is 268 g/mol. The molecule has 1 aliphatic heterocycles. The van der Waals surface area contributed by atoms with Gasteiger partial charge in [-0.2, -0.15) is 0 Å². The van der Waals surface area contributed by atoms with Crippen LogP contribution in [0.2, 0.25) is 0 Å². The van der Waals surface area contributed by atoms with Crippen LogP contribution < -0.4 is 10.6 Å². The highest BCUT2D eigenvalue weighted by atomic mass is 32.1. The van der Waals surface area contributed by atoms with Crippen LogP contribution in [0.15, 0.2) is 36.4 Å². The average Bonchev–Trinajstić information content (AvgIpc) is 2.73. The summed E-state index contributed by atoms with van der Waals surface area (Å²) in [6, 6.07) is 10.0. The topological polar surface area (TPSA) is 41.1 Å². The van der Waals surface area contributed by atoms with Gasteiger partial charge in [0.05, 0.1) is 5.56 Å². The number of thiophene rings is 1. The molecule has 0 saturated heterocycles. The van der Waals surface area contributed by atoms with Crippen molar-refractivity contribution in [3.63, 3.8) is 0 Å². The van der Waals surface area contributed by atoms with Crippen molar-refractivity contribution in [1.82, 2.24) is 5.32 Å². The maximum Gasteiger partial charge on any atom is 0.256 e. The molecule has 0 bridgehead atoms. The van der Waals surface area contributed by atoms with Gasteiger partial charge in [-0.3, -0.25) is 4.79 Å². The van der Waals surface area contributed by atoms with Crippen molar-refractivity contribution < 1.29 is 4.79 Å². The van der Waals surface area contributed by atoms with Crippen LogP contribution in [0.4, 0.5) is 5.00 Å². The SMILES string of the molecule is Cc1sc2c(c1C)C(=O)NC(/C=C/c1ccccc1)N2. The maximum absolute atomic E-state index is 12.2. The number of hydrogen-bond donors (Lipinski definition) is 2. The first kappa shape index (κ1) is 12.9. The number of carbonyl (C=O) groups excluding carboxylic acids is 1.